The second kappa shape index (κ2) is 3.65. The molecule has 2 aromatic carbocycles. The first kappa shape index (κ1) is 9.43. The van der Waals surface area contributed by atoms with Crippen LogP contribution in [-0.2, 0) is 0 Å². The molecule has 0 radical (unpaired) electrons. The summed E-state index contributed by atoms with van der Waals surface area (Å²) in [5, 5.41) is 5.73. The van der Waals surface area contributed by atoms with Crippen LogP contribution in [0.1, 0.15) is 0 Å². The topological polar surface area (TPSA) is 26.0 Å². The molecule has 1 aromatic heterocycles. The van der Waals surface area contributed by atoms with Gasteiger partial charge >= 0.3 is 0 Å². The van der Waals surface area contributed by atoms with Crippen molar-refractivity contribution in [1.29, 1.82) is 0 Å². The van der Waals surface area contributed by atoms with Crippen LogP contribution in [0.2, 0.25) is 5.02 Å². The van der Waals surface area contributed by atoms with Gasteiger partial charge in [0.2, 0.25) is 0 Å². The van der Waals surface area contributed by atoms with Crippen molar-refractivity contribution in [3.05, 3.63) is 53.6 Å². The maximum Gasteiger partial charge on any atom is 0.167 e. The predicted molar refractivity (Wildman–Crippen MR) is 64.5 cm³/mol. The summed E-state index contributed by atoms with van der Waals surface area (Å²) in [6.45, 7) is 0. The minimum absolute atomic E-state index is 0.682. The highest BCUT2D eigenvalue weighted by Crippen LogP contribution is 2.32. The Kier molecular flexibility index (Phi) is 2.15. The van der Waals surface area contributed by atoms with E-state index in [9.17, 15) is 0 Å². The summed E-state index contributed by atoms with van der Waals surface area (Å²) in [6, 6.07) is 15.4. The van der Waals surface area contributed by atoms with Crippen molar-refractivity contribution in [2.24, 2.45) is 0 Å². The molecular weight excluding hydrogens is 222 g/mol. The van der Waals surface area contributed by atoms with E-state index in [4.69, 9.17) is 16.1 Å². The van der Waals surface area contributed by atoms with Gasteiger partial charge in [0, 0.05) is 10.9 Å². The molecule has 0 aliphatic rings. The Morgan fingerprint density at radius 3 is 2.56 bits per heavy atom. The van der Waals surface area contributed by atoms with E-state index in [0.29, 0.717) is 5.02 Å². The Labute approximate surface area is 97.4 Å². The lowest BCUT2D eigenvalue weighted by molar-refractivity contribution is 0.459. The van der Waals surface area contributed by atoms with E-state index < -0.39 is 0 Å². The normalized spacial score (nSPS) is 10.8. The molecule has 2 nitrogen and oxygen atoms in total. The first-order chi connectivity index (χ1) is 7.86. The first-order valence-corrected chi connectivity index (χ1v) is 5.33. The van der Waals surface area contributed by atoms with Crippen LogP contribution < -0.4 is 0 Å². The molecule has 3 rings (SSSR count). The summed E-state index contributed by atoms with van der Waals surface area (Å²) in [5.41, 5.74) is 2.47. The lowest BCUT2D eigenvalue weighted by Gasteiger charge is -1.98. The number of nitrogens with zero attached hydrogens (tertiary/aromatic N) is 1. The zero-order valence-corrected chi connectivity index (χ0v) is 9.11. The molecule has 0 aliphatic carbocycles. The van der Waals surface area contributed by atoms with E-state index in [1.807, 2.05) is 48.5 Å². The smallest absolute Gasteiger partial charge is 0.167 e. The fourth-order valence-electron chi connectivity index (χ4n) is 1.73. The number of hydrogen-bond donors (Lipinski definition) is 0. The van der Waals surface area contributed by atoms with Gasteiger partial charge < -0.3 is 4.52 Å². The highest BCUT2D eigenvalue weighted by molar-refractivity contribution is 6.33. The molecule has 78 valence electrons. The summed E-state index contributed by atoms with van der Waals surface area (Å²) in [6.07, 6.45) is 0. The second-order valence-electron chi connectivity index (χ2n) is 3.51. The molecule has 3 heteroatoms. The van der Waals surface area contributed by atoms with Crippen molar-refractivity contribution >= 4 is 22.6 Å². The van der Waals surface area contributed by atoms with Crippen molar-refractivity contribution < 1.29 is 4.52 Å². The molecule has 0 atom stereocenters. The standard InChI is InChI=1S/C13H8ClNO/c14-11-7-3-1-5-9(11)13-10-6-2-4-8-12(10)16-15-13/h1-8H. The molecule has 0 bridgehead atoms. The molecular formula is C13H8ClNO. The molecule has 0 spiro atoms. The van der Waals surface area contributed by atoms with Gasteiger partial charge in [0.05, 0.1) is 5.02 Å². The Balaban J connectivity index is 2.31. The van der Waals surface area contributed by atoms with Crippen LogP contribution in [0.25, 0.3) is 22.2 Å². The third-order valence-corrected chi connectivity index (χ3v) is 2.84. The number of halogens is 1. The largest absolute Gasteiger partial charge is 0.356 e. The van der Waals surface area contributed by atoms with Gasteiger partial charge in [0.25, 0.3) is 0 Å². The maximum absolute atomic E-state index is 6.13. The lowest BCUT2D eigenvalue weighted by atomic mass is 10.1. The van der Waals surface area contributed by atoms with Crippen LogP contribution in [0.4, 0.5) is 0 Å². The summed E-state index contributed by atoms with van der Waals surface area (Å²) < 4.78 is 5.25. The molecule has 0 saturated heterocycles. The van der Waals surface area contributed by atoms with Crippen LogP contribution in [0, 0.1) is 0 Å². The number of hydrogen-bond acceptors (Lipinski definition) is 2. The van der Waals surface area contributed by atoms with Gasteiger partial charge in [-0.1, -0.05) is 47.1 Å². The first-order valence-electron chi connectivity index (χ1n) is 4.95. The molecule has 0 N–H and O–H groups in total. The average Bonchev–Trinajstić information content (AvgIpc) is 2.74. The van der Waals surface area contributed by atoms with Crippen LogP contribution in [0.3, 0.4) is 0 Å². The minimum Gasteiger partial charge on any atom is -0.356 e. The van der Waals surface area contributed by atoms with Gasteiger partial charge in [-0.3, -0.25) is 0 Å². The summed E-state index contributed by atoms with van der Waals surface area (Å²) in [5.74, 6) is 0. The Morgan fingerprint density at radius 1 is 0.938 bits per heavy atom. The van der Waals surface area contributed by atoms with E-state index in [2.05, 4.69) is 5.16 Å². The van der Waals surface area contributed by atoms with Gasteiger partial charge in [-0.25, -0.2) is 0 Å². The molecule has 3 aromatic rings. The molecule has 0 amide bonds. The SMILES string of the molecule is Clc1ccccc1-c1noc2ccccc12. The Morgan fingerprint density at radius 2 is 1.69 bits per heavy atom. The van der Waals surface area contributed by atoms with Crippen molar-refractivity contribution in [3.63, 3.8) is 0 Å². The van der Waals surface area contributed by atoms with Gasteiger partial charge in [-0.05, 0) is 18.2 Å². The van der Waals surface area contributed by atoms with Gasteiger partial charge in [-0.15, -0.1) is 0 Å². The number of rotatable bonds is 1. The molecule has 1 heterocycles. The maximum atomic E-state index is 6.13. The fraction of sp³-hybridized carbons (Fsp3) is 0. The highest BCUT2D eigenvalue weighted by atomic mass is 35.5. The Bertz CT molecular complexity index is 645. The highest BCUT2D eigenvalue weighted by Gasteiger charge is 2.11. The predicted octanol–water partition coefficient (Wildman–Crippen LogP) is 4.15. The third-order valence-electron chi connectivity index (χ3n) is 2.51. The number of benzene rings is 2. The van der Waals surface area contributed by atoms with Gasteiger partial charge in [-0.2, -0.15) is 0 Å². The molecule has 0 aliphatic heterocycles. The van der Waals surface area contributed by atoms with Crippen LogP contribution in [0.5, 0.6) is 0 Å². The van der Waals surface area contributed by atoms with E-state index in [0.717, 1.165) is 22.2 Å². The molecule has 0 unspecified atom stereocenters. The van der Waals surface area contributed by atoms with E-state index in [-0.39, 0.29) is 0 Å². The van der Waals surface area contributed by atoms with Gasteiger partial charge in [0.1, 0.15) is 5.69 Å². The molecule has 0 fully saturated rings. The van der Waals surface area contributed by atoms with Crippen molar-refractivity contribution in [1.82, 2.24) is 5.16 Å². The average molecular weight is 230 g/mol. The number of fused-ring (bicyclic) bond motifs is 1. The number of para-hydroxylation sites is 1. The molecule has 16 heavy (non-hydrogen) atoms. The van der Waals surface area contributed by atoms with E-state index >= 15 is 0 Å². The van der Waals surface area contributed by atoms with Crippen LogP contribution >= 0.6 is 11.6 Å². The number of aromatic nitrogens is 1. The zero-order chi connectivity index (χ0) is 11.0. The van der Waals surface area contributed by atoms with Crippen molar-refractivity contribution in [3.8, 4) is 11.3 Å². The monoisotopic (exact) mass is 229 g/mol. The summed E-state index contributed by atoms with van der Waals surface area (Å²) in [4.78, 5) is 0. The van der Waals surface area contributed by atoms with E-state index in [1.165, 1.54) is 0 Å². The second-order valence-corrected chi connectivity index (χ2v) is 3.91. The summed E-state index contributed by atoms with van der Waals surface area (Å²) in [7, 11) is 0. The molecule has 0 saturated carbocycles. The van der Waals surface area contributed by atoms with E-state index in [1.54, 1.807) is 0 Å². The van der Waals surface area contributed by atoms with Crippen molar-refractivity contribution in [2.75, 3.05) is 0 Å². The quantitative estimate of drug-likeness (QED) is 0.627. The van der Waals surface area contributed by atoms with Crippen LogP contribution in [-0.4, -0.2) is 5.16 Å². The van der Waals surface area contributed by atoms with Gasteiger partial charge in [0.15, 0.2) is 5.58 Å². The zero-order valence-electron chi connectivity index (χ0n) is 8.35. The lowest BCUT2D eigenvalue weighted by Crippen LogP contribution is -1.79. The summed E-state index contributed by atoms with van der Waals surface area (Å²) >= 11 is 6.13. The Hall–Kier alpha value is -1.80. The van der Waals surface area contributed by atoms with Crippen molar-refractivity contribution in [2.45, 2.75) is 0 Å². The third kappa shape index (κ3) is 1.39. The fourth-order valence-corrected chi connectivity index (χ4v) is 1.96. The van der Waals surface area contributed by atoms with Crippen LogP contribution in [0.15, 0.2) is 53.1 Å². The minimum atomic E-state index is 0.682.